The van der Waals surface area contributed by atoms with Crippen molar-refractivity contribution in [1.82, 2.24) is 15.5 Å². The predicted octanol–water partition coefficient (Wildman–Crippen LogP) is 2.05. The molecule has 1 aromatic carbocycles. The molecule has 2 aliphatic heterocycles. The fraction of sp³-hybridized carbons (Fsp3) is 0.526. The third-order valence-corrected chi connectivity index (χ3v) is 5.27. The Morgan fingerprint density at radius 2 is 2.08 bits per heavy atom. The largest absolute Gasteiger partial charge is 0.333 e. The molecule has 2 heterocycles. The second kappa shape index (κ2) is 7.35. The first-order chi connectivity index (χ1) is 12.0. The molecule has 1 spiro atoms. The van der Waals surface area contributed by atoms with E-state index in [0.29, 0.717) is 18.5 Å². The molecule has 0 radical (unpaired) electrons. The minimum absolute atomic E-state index is 0.0373. The van der Waals surface area contributed by atoms with Gasteiger partial charge in [-0.2, -0.15) is 0 Å². The lowest BCUT2D eigenvalue weighted by Gasteiger charge is -2.49. The Hall–Kier alpha value is -2.21. The van der Waals surface area contributed by atoms with Crippen molar-refractivity contribution in [3.8, 4) is 0 Å². The summed E-state index contributed by atoms with van der Waals surface area (Å²) in [5.74, 6) is 0.0597. The number of carbonyl (C=O) groups is 2. The van der Waals surface area contributed by atoms with Crippen molar-refractivity contribution in [2.24, 2.45) is 0 Å². The Balaban J connectivity index is 1.80. The van der Waals surface area contributed by atoms with Crippen molar-refractivity contribution in [3.05, 3.63) is 35.4 Å². The third kappa shape index (κ3) is 3.90. The van der Waals surface area contributed by atoms with Crippen molar-refractivity contribution < 1.29 is 9.59 Å². The van der Waals surface area contributed by atoms with Gasteiger partial charge in [0.05, 0.1) is 5.84 Å². The van der Waals surface area contributed by atoms with E-state index in [2.05, 4.69) is 15.5 Å². The predicted molar refractivity (Wildman–Crippen MR) is 96.5 cm³/mol. The first-order valence-electron chi connectivity index (χ1n) is 8.97. The maximum atomic E-state index is 12.6. The number of nitrogens with one attached hydrogen (secondary N) is 3. The molecular formula is C19H26N4O2. The van der Waals surface area contributed by atoms with Gasteiger partial charge < -0.3 is 15.5 Å². The van der Waals surface area contributed by atoms with Crippen LogP contribution in [-0.4, -0.2) is 41.2 Å². The highest BCUT2D eigenvalue weighted by Crippen LogP contribution is 2.37. The van der Waals surface area contributed by atoms with Crippen molar-refractivity contribution in [1.29, 1.82) is 5.41 Å². The lowest BCUT2D eigenvalue weighted by molar-refractivity contribution is -0.144. The molecule has 3 N–H and O–H groups in total. The van der Waals surface area contributed by atoms with E-state index in [0.717, 1.165) is 44.3 Å². The van der Waals surface area contributed by atoms with Crippen LogP contribution in [0.2, 0.25) is 0 Å². The number of hydrogen-bond acceptors (Lipinski definition) is 4. The number of nitrogens with zero attached hydrogens (tertiary/aromatic N) is 1. The Labute approximate surface area is 148 Å². The van der Waals surface area contributed by atoms with Gasteiger partial charge in [-0.25, -0.2) is 0 Å². The van der Waals surface area contributed by atoms with E-state index >= 15 is 0 Å². The highest BCUT2D eigenvalue weighted by molar-refractivity contribution is 6.04. The highest BCUT2D eigenvalue weighted by atomic mass is 16.2. The van der Waals surface area contributed by atoms with Crippen LogP contribution in [0.3, 0.4) is 0 Å². The van der Waals surface area contributed by atoms with Gasteiger partial charge in [-0.3, -0.25) is 15.0 Å². The summed E-state index contributed by atoms with van der Waals surface area (Å²) in [7, 11) is 0. The first kappa shape index (κ1) is 17.6. The standard InChI is InChI=1S/C19H26N4O2/c1-14(20)22-18(25)16-5-2-4-15(12-16)13-23-17(24)6-3-7-19(23)8-10-21-11-9-19/h2,4-5,12,21H,3,6-11,13H2,1H3,(H2,20,22,25). The van der Waals surface area contributed by atoms with Crippen molar-refractivity contribution >= 4 is 17.6 Å². The summed E-state index contributed by atoms with van der Waals surface area (Å²) >= 11 is 0. The van der Waals surface area contributed by atoms with Gasteiger partial charge in [0, 0.05) is 24.1 Å². The van der Waals surface area contributed by atoms with Crippen molar-refractivity contribution in [2.75, 3.05) is 13.1 Å². The molecule has 0 saturated carbocycles. The Kier molecular flexibility index (Phi) is 5.18. The molecule has 6 heteroatoms. The minimum Gasteiger partial charge on any atom is -0.333 e. The number of rotatable bonds is 3. The number of piperidine rings is 2. The van der Waals surface area contributed by atoms with Crippen LogP contribution in [0.5, 0.6) is 0 Å². The van der Waals surface area contributed by atoms with Gasteiger partial charge in [0.2, 0.25) is 5.91 Å². The van der Waals surface area contributed by atoms with Gasteiger partial charge in [0.15, 0.2) is 0 Å². The molecule has 134 valence electrons. The molecule has 0 atom stereocenters. The number of carbonyl (C=O) groups excluding carboxylic acids is 2. The molecule has 3 rings (SSSR count). The zero-order chi connectivity index (χ0) is 17.9. The van der Waals surface area contributed by atoms with E-state index in [1.807, 2.05) is 18.2 Å². The maximum absolute atomic E-state index is 12.6. The number of amidine groups is 1. The van der Waals surface area contributed by atoms with Crippen LogP contribution in [0.15, 0.2) is 24.3 Å². The molecule has 1 aromatic rings. The van der Waals surface area contributed by atoms with E-state index in [4.69, 9.17) is 5.41 Å². The number of benzene rings is 1. The molecule has 0 unspecified atom stereocenters. The van der Waals surface area contributed by atoms with E-state index in [1.165, 1.54) is 6.92 Å². The summed E-state index contributed by atoms with van der Waals surface area (Å²) < 4.78 is 0. The zero-order valence-electron chi connectivity index (χ0n) is 14.7. The quantitative estimate of drug-likeness (QED) is 0.580. The molecule has 2 aliphatic rings. The second-order valence-corrected chi connectivity index (χ2v) is 7.09. The van der Waals surface area contributed by atoms with Gasteiger partial charge in [-0.1, -0.05) is 12.1 Å². The van der Waals surface area contributed by atoms with Crippen LogP contribution in [0.4, 0.5) is 0 Å². The second-order valence-electron chi connectivity index (χ2n) is 7.09. The molecule has 0 aliphatic carbocycles. The lowest BCUT2D eigenvalue weighted by atomic mass is 9.78. The molecule has 0 bridgehead atoms. The summed E-state index contributed by atoms with van der Waals surface area (Å²) in [6.45, 7) is 3.98. The van der Waals surface area contributed by atoms with Crippen LogP contribution in [0, 0.1) is 5.41 Å². The Morgan fingerprint density at radius 3 is 2.80 bits per heavy atom. The van der Waals surface area contributed by atoms with Gasteiger partial charge in [-0.15, -0.1) is 0 Å². The van der Waals surface area contributed by atoms with E-state index in [-0.39, 0.29) is 23.2 Å². The molecule has 2 fully saturated rings. The summed E-state index contributed by atoms with van der Waals surface area (Å²) in [6.07, 6.45) is 4.63. The smallest absolute Gasteiger partial charge is 0.256 e. The van der Waals surface area contributed by atoms with Crippen LogP contribution < -0.4 is 10.6 Å². The molecule has 25 heavy (non-hydrogen) atoms. The molecule has 0 aromatic heterocycles. The molecule has 6 nitrogen and oxygen atoms in total. The van der Waals surface area contributed by atoms with Crippen molar-refractivity contribution in [3.63, 3.8) is 0 Å². The van der Waals surface area contributed by atoms with Gasteiger partial charge >= 0.3 is 0 Å². The normalized spacial score (nSPS) is 19.7. The minimum atomic E-state index is -0.282. The highest BCUT2D eigenvalue weighted by Gasteiger charge is 2.42. The molecule has 2 amide bonds. The van der Waals surface area contributed by atoms with Gasteiger partial charge in [-0.05, 0) is 63.4 Å². The van der Waals surface area contributed by atoms with Gasteiger partial charge in [0.1, 0.15) is 0 Å². The van der Waals surface area contributed by atoms with Crippen LogP contribution >= 0.6 is 0 Å². The monoisotopic (exact) mass is 342 g/mol. The fourth-order valence-electron chi connectivity index (χ4n) is 4.01. The Morgan fingerprint density at radius 1 is 1.32 bits per heavy atom. The molecule has 2 saturated heterocycles. The van der Waals surface area contributed by atoms with Crippen LogP contribution in [-0.2, 0) is 11.3 Å². The topological polar surface area (TPSA) is 85.3 Å². The fourth-order valence-corrected chi connectivity index (χ4v) is 4.01. The molecular weight excluding hydrogens is 316 g/mol. The average Bonchev–Trinajstić information content (AvgIpc) is 2.59. The van der Waals surface area contributed by atoms with Crippen LogP contribution in [0.25, 0.3) is 0 Å². The maximum Gasteiger partial charge on any atom is 0.256 e. The van der Waals surface area contributed by atoms with Crippen LogP contribution in [0.1, 0.15) is 54.9 Å². The van der Waals surface area contributed by atoms with Gasteiger partial charge in [0.25, 0.3) is 5.91 Å². The SMILES string of the molecule is CC(=N)NC(=O)c1cccc(CN2C(=O)CCCC23CCNCC3)c1. The summed E-state index contributed by atoms with van der Waals surface area (Å²) in [5.41, 5.74) is 1.45. The summed E-state index contributed by atoms with van der Waals surface area (Å²) in [4.78, 5) is 26.8. The third-order valence-electron chi connectivity index (χ3n) is 5.27. The van der Waals surface area contributed by atoms with E-state index in [1.54, 1.807) is 6.07 Å². The summed E-state index contributed by atoms with van der Waals surface area (Å²) in [6, 6.07) is 7.37. The number of hydrogen-bond donors (Lipinski definition) is 3. The lowest BCUT2D eigenvalue weighted by Crippen LogP contribution is -2.58. The number of likely N-dealkylation sites (tertiary alicyclic amines) is 1. The summed E-state index contributed by atoms with van der Waals surface area (Å²) in [5, 5.41) is 13.3. The number of amides is 2. The average molecular weight is 342 g/mol. The van der Waals surface area contributed by atoms with E-state index < -0.39 is 0 Å². The van der Waals surface area contributed by atoms with E-state index in [9.17, 15) is 9.59 Å². The Bertz CT molecular complexity index is 674. The van der Waals surface area contributed by atoms with Crippen molar-refractivity contribution in [2.45, 2.75) is 51.1 Å². The zero-order valence-corrected chi connectivity index (χ0v) is 14.7. The first-order valence-corrected chi connectivity index (χ1v) is 8.97.